The Balaban J connectivity index is 1.43. The minimum absolute atomic E-state index is 0.00807. The molecule has 1 amide bonds. The number of nitrogens with one attached hydrogen (secondary N) is 2. The van der Waals surface area contributed by atoms with Crippen LogP contribution in [0.3, 0.4) is 0 Å². The van der Waals surface area contributed by atoms with Gasteiger partial charge in [-0.3, -0.25) is 4.79 Å². The van der Waals surface area contributed by atoms with Gasteiger partial charge in [0.15, 0.2) is 0 Å². The lowest BCUT2D eigenvalue weighted by atomic mass is 10.2. The molecule has 0 aliphatic heterocycles. The average molecular weight is 447 g/mol. The van der Waals surface area contributed by atoms with Gasteiger partial charge in [-0.2, -0.15) is 0 Å². The first-order chi connectivity index (χ1) is 15.5. The molecule has 32 heavy (non-hydrogen) atoms. The number of rotatable bonds is 7. The third kappa shape index (κ3) is 5.24. The van der Waals surface area contributed by atoms with E-state index in [4.69, 9.17) is 4.74 Å². The summed E-state index contributed by atoms with van der Waals surface area (Å²) in [6.07, 6.45) is 4.47. The van der Waals surface area contributed by atoms with Crippen molar-refractivity contribution < 1.29 is 17.9 Å². The number of hydrogen-bond acceptors (Lipinski definition) is 7. The second-order valence-electron chi connectivity index (χ2n) is 6.45. The SMILES string of the molecule is O=C(Nc1ccc(S(=O)(=O)Nc2ncccn2)cc1)c1cccc(Oc2ccccn2)c1. The van der Waals surface area contributed by atoms with Crippen molar-refractivity contribution in [2.45, 2.75) is 4.90 Å². The first-order valence-corrected chi connectivity index (χ1v) is 10.9. The molecule has 160 valence electrons. The third-order valence-electron chi connectivity index (χ3n) is 4.17. The molecule has 0 aliphatic carbocycles. The number of pyridine rings is 1. The van der Waals surface area contributed by atoms with E-state index in [0.717, 1.165) is 0 Å². The fourth-order valence-corrected chi connectivity index (χ4v) is 3.64. The van der Waals surface area contributed by atoms with Crippen molar-refractivity contribution in [1.29, 1.82) is 0 Å². The first-order valence-electron chi connectivity index (χ1n) is 9.40. The number of nitrogens with zero attached hydrogens (tertiary/aromatic N) is 3. The topological polar surface area (TPSA) is 123 Å². The predicted molar refractivity (Wildman–Crippen MR) is 118 cm³/mol. The second-order valence-corrected chi connectivity index (χ2v) is 8.14. The van der Waals surface area contributed by atoms with Gasteiger partial charge >= 0.3 is 0 Å². The van der Waals surface area contributed by atoms with Crippen molar-refractivity contribution >= 4 is 27.6 Å². The predicted octanol–water partition coefficient (Wildman–Crippen LogP) is 3.72. The lowest BCUT2D eigenvalue weighted by Crippen LogP contribution is -2.15. The van der Waals surface area contributed by atoms with Crippen LogP contribution in [-0.4, -0.2) is 29.3 Å². The largest absolute Gasteiger partial charge is 0.439 e. The fraction of sp³-hybridized carbons (Fsp3) is 0. The van der Waals surface area contributed by atoms with Crippen molar-refractivity contribution in [1.82, 2.24) is 15.0 Å². The van der Waals surface area contributed by atoms with Crippen LogP contribution in [0.15, 0.2) is 96.3 Å². The van der Waals surface area contributed by atoms with Gasteiger partial charge in [-0.15, -0.1) is 0 Å². The lowest BCUT2D eigenvalue weighted by molar-refractivity contribution is 0.102. The highest BCUT2D eigenvalue weighted by molar-refractivity contribution is 7.92. The molecule has 10 heteroatoms. The summed E-state index contributed by atoms with van der Waals surface area (Å²) >= 11 is 0. The van der Waals surface area contributed by atoms with Gasteiger partial charge in [0.05, 0.1) is 4.90 Å². The number of carbonyl (C=O) groups is 1. The summed E-state index contributed by atoms with van der Waals surface area (Å²) in [4.78, 5) is 24.4. The number of aromatic nitrogens is 3. The van der Waals surface area contributed by atoms with E-state index in [2.05, 4.69) is 25.0 Å². The van der Waals surface area contributed by atoms with Gasteiger partial charge < -0.3 is 10.1 Å². The highest BCUT2D eigenvalue weighted by Crippen LogP contribution is 2.21. The summed E-state index contributed by atoms with van der Waals surface area (Å²) in [5, 5.41) is 2.73. The molecule has 0 saturated carbocycles. The van der Waals surface area contributed by atoms with Gasteiger partial charge in [-0.05, 0) is 54.6 Å². The fourth-order valence-electron chi connectivity index (χ4n) is 2.68. The molecule has 0 saturated heterocycles. The summed E-state index contributed by atoms with van der Waals surface area (Å²) < 4.78 is 32.8. The quantitative estimate of drug-likeness (QED) is 0.443. The van der Waals surface area contributed by atoms with E-state index in [1.165, 1.54) is 36.7 Å². The molecule has 0 atom stereocenters. The smallest absolute Gasteiger partial charge is 0.264 e. The van der Waals surface area contributed by atoms with Crippen LogP contribution in [0.2, 0.25) is 0 Å². The molecule has 2 aromatic heterocycles. The van der Waals surface area contributed by atoms with Crippen molar-refractivity contribution in [3.63, 3.8) is 0 Å². The van der Waals surface area contributed by atoms with Crippen LogP contribution in [0.4, 0.5) is 11.6 Å². The highest BCUT2D eigenvalue weighted by Gasteiger charge is 2.16. The number of carbonyl (C=O) groups excluding carboxylic acids is 1. The standard InChI is InChI=1S/C22H17N5O4S/c28-21(16-5-3-6-18(15-16)31-20-7-1-2-12-23-20)26-17-8-10-19(11-9-17)32(29,30)27-22-24-13-4-14-25-22/h1-15H,(H,26,28)(H,24,25,27). The van der Waals surface area contributed by atoms with Crippen molar-refractivity contribution in [3.8, 4) is 11.6 Å². The van der Waals surface area contributed by atoms with Crippen molar-refractivity contribution in [3.05, 3.63) is 97.0 Å². The van der Waals surface area contributed by atoms with Crippen molar-refractivity contribution in [2.75, 3.05) is 10.0 Å². The molecule has 0 fully saturated rings. The summed E-state index contributed by atoms with van der Waals surface area (Å²) in [6, 6.07) is 19.2. The van der Waals surface area contributed by atoms with Gasteiger partial charge in [-0.1, -0.05) is 12.1 Å². The molecule has 2 heterocycles. The summed E-state index contributed by atoms with van der Waals surface area (Å²) in [6.45, 7) is 0. The Morgan fingerprint density at radius 1 is 0.812 bits per heavy atom. The second kappa shape index (κ2) is 9.23. The van der Waals surface area contributed by atoms with Gasteiger partial charge in [0.2, 0.25) is 11.8 Å². The minimum Gasteiger partial charge on any atom is -0.439 e. The number of benzene rings is 2. The molecule has 9 nitrogen and oxygen atoms in total. The van der Waals surface area contributed by atoms with Crippen LogP contribution in [0, 0.1) is 0 Å². The molecule has 2 aromatic carbocycles. The van der Waals surface area contributed by atoms with Crippen LogP contribution in [0.1, 0.15) is 10.4 Å². The molecule has 0 radical (unpaired) electrons. The normalized spacial score (nSPS) is 10.9. The minimum atomic E-state index is -3.86. The van der Waals surface area contributed by atoms with Gasteiger partial charge in [0.1, 0.15) is 5.75 Å². The Kier molecular flexibility index (Phi) is 6.04. The number of sulfonamides is 1. The Morgan fingerprint density at radius 2 is 1.56 bits per heavy atom. The van der Waals surface area contributed by atoms with Crippen LogP contribution in [0.5, 0.6) is 11.6 Å². The summed E-state index contributed by atoms with van der Waals surface area (Å²) in [5.41, 5.74) is 0.805. The van der Waals surface area contributed by atoms with E-state index in [1.54, 1.807) is 54.7 Å². The Bertz CT molecular complexity index is 1320. The molecule has 0 spiro atoms. The van der Waals surface area contributed by atoms with Gasteiger partial charge in [0, 0.05) is 35.9 Å². The molecule has 0 bridgehead atoms. The molecule has 4 rings (SSSR count). The van der Waals surface area contributed by atoms with E-state index >= 15 is 0 Å². The van der Waals surface area contributed by atoms with Gasteiger partial charge in [-0.25, -0.2) is 28.1 Å². The maximum Gasteiger partial charge on any atom is 0.264 e. The monoisotopic (exact) mass is 447 g/mol. The lowest BCUT2D eigenvalue weighted by Gasteiger charge is -2.09. The number of ether oxygens (including phenoxy) is 1. The maximum absolute atomic E-state index is 12.6. The van der Waals surface area contributed by atoms with E-state index in [0.29, 0.717) is 22.9 Å². The summed E-state index contributed by atoms with van der Waals surface area (Å²) in [7, 11) is -3.86. The Labute approximate surface area is 184 Å². The molecule has 4 aromatic rings. The van der Waals surface area contributed by atoms with Crippen LogP contribution >= 0.6 is 0 Å². The van der Waals surface area contributed by atoms with Crippen LogP contribution < -0.4 is 14.8 Å². The van der Waals surface area contributed by atoms with E-state index in [9.17, 15) is 13.2 Å². The third-order valence-corrected chi connectivity index (χ3v) is 5.51. The number of amides is 1. The van der Waals surface area contributed by atoms with Crippen LogP contribution in [0.25, 0.3) is 0 Å². The summed E-state index contributed by atoms with van der Waals surface area (Å²) in [5.74, 6) is 0.476. The zero-order valence-corrected chi connectivity index (χ0v) is 17.4. The molecular formula is C22H17N5O4S. The Morgan fingerprint density at radius 3 is 2.28 bits per heavy atom. The average Bonchev–Trinajstić information content (AvgIpc) is 2.81. The van der Waals surface area contributed by atoms with Gasteiger partial charge in [0.25, 0.3) is 15.9 Å². The molecular weight excluding hydrogens is 430 g/mol. The number of anilines is 2. The maximum atomic E-state index is 12.6. The zero-order valence-electron chi connectivity index (χ0n) is 16.5. The zero-order chi connectivity index (χ0) is 22.4. The van der Waals surface area contributed by atoms with E-state index in [-0.39, 0.29) is 16.8 Å². The first kappa shape index (κ1) is 20.9. The Hall–Kier alpha value is -4.31. The highest BCUT2D eigenvalue weighted by atomic mass is 32.2. The van der Waals surface area contributed by atoms with Crippen LogP contribution in [-0.2, 0) is 10.0 Å². The molecule has 0 aliphatic rings. The molecule has 0 unspecified atom stereocenters. The molecule has 2 N–H and O–H groups in total. The van der Waals surface area contributed by atoms with Crippen molar-refractivity contribution in [2.24, 2.45) is 0 Å². The number of hydrogen-bond donors (Lipinski definition) is 2. The van der Waals surface area contributed by atoms with E-state index in [1.807, 2.05) is 0 Å². The van der Waals surface area contributed by atoms with E-state index < -0.39 is 10.0 Å².